The Balaban J connectivity index is 1.79. The first-order valence-electron chi connectivity index (χ1n) is 10.8. The lowest BCUT2D eigenvalue weighted by molar-refractivity contribution is -0.384. The summed E-state index contributed by atoms with van der Waals surface area (Å²) in [5, 5.41) is 14.4. The number of non-ortho nitro benzene ring substituents is 1. The summed E-state index contributed by atoms with van der Waals surface area (Å²) < 4.78 is 5.34. The lowest BCUT2D eigenvalue weighted by Crippen LogP contribution is -2.28. The minimum Gasteiger partial charge on any atom is -0.452 e. The Hall–Kier alpha value is -4.07. The van der Waals surface area contributed by atoms with Crippen molar-refractivity contribution in [1.29, 1.82) is 0 Å². The molecular formula is C25H23N3O5. The van der Waals surface area contributed by atoms with E-state index in [0.717, 1.165) is 24.0 Å². The zero-order valence-corrected chi connectivity index (χ0v) is 18.2. The first-order valence-corrected chi connectivity index (χ1v) is 10.8. The normalized spacial score (nSPS) is 14.0. The van der Waals surface area contributed by atoms with Crippen molar-refractivity contribution in [2.24, 2.45) is 0 Å². The SMILES string of the molecule is CCNC(=O)COC(=O)c1c2c(nc3ccccc13)/C(=C/c1cccc([N+](=O)[O-])c1)CCC2. The quantitative estimate of drug-likeness (QED) is 0.344. The number of ether oxygens (including phenoxy) is 1. The number of allylic oxidation sites excluding steroid dienone is 1. The maximum absolute atomic E-state index is 13.1. The number of nitro benzene ring substituents is 1. The molecule has 1 aromatic heterocycles. The molecule has 8 heteroatoms. The van der Waals surface area contributed by atoms with Gasteiger partial charge in [0.1, 0.15) is 0 Å². The molecule has 0 unspecified atom stereocenters. The van der Waals surface area contributed by atoms with E-state index in [1.807, 2.05) is 30.3 Å². The molecule has 2 aromatic carbocycles. The lowest BCUT2D eigenvalue weighted by Gasteiger charge is -2.22. The Kier molecular flexibility index (Phi) is 6.44. The first kappa shape index (κ1) is 22.1. The minimum absolute atomic E-state index is 0.0153. The van der Waals surface area contributed by atoms with Crippen LogP contribution in [0.25, 0.3) is 22.6 Å². The summed E-state index contributed by atoms with van der Waals surface area (Å²) in [6.07, 6.45) is 4.06. The Morgan fingerprint density at radius 1 is 1.18 bits per heavy atom. The molecule has 1 heterocycles. The number of pyridine rings is 1. The predicted molar refractivity (Wildman–Crippen MR) is 125 cm³/mol. The molecule has 0 spiro atoms. The van der Waals surface area contributed by atoms with Gasteiger partial charge in [0.15, 0.2) is 6.61 Å². The average Bonchev–Trinajstić information content (AvgIpc) is 2.82. The molecule has 1 aliphatic rings. The second-order valence-corrected chi connectivity index (χ2v) is 7.74. The Bertz CT molecular complexity index is 1280. The summed E-state index contributed by atoms with van der Waals surface area (Å²) in [5.41, 5.74) is 4.15. The number of fused-ring (bicyclic) bond motifs is 2. The first-order chi connectivity index (χ1) is 16.0. The Morgan fingerprint density at radius 2 is 2.00 bits per heavy atom. The molecule has 1 aliphatic carbocycles. The monoisotopic (exact) mass is 445 g/mol. The maximum atomic E-state index is 13.1. The number of hydrogen-bond acceptors (Lipinski definition) is 6. The number of nitrogens with zero attached hydrogens (tertiary/aromatic N) is 2. The molecule has 8 nitrogen and oxygen atoms in total. The van der Waals surface area contributed by atoms with E-state index in [0.29, 0.717) is 40.7 Å². The molecule has 4 rings (SSSR count). The highest BCUT2D eigenvalue weighted by molar-refractivity contribution is 6.07. The van der Waals surface area contributed by atoms with Crippen molar-refractivity contribution in [2.75, 3.05) is 13.2 Å². The number of hydrogen-bond donors (Lipinski definition) is 1. The molecule has 33 heavy (non-hydrogen) atoms. The molecule has 0 aliphatic heterocycles. The van der Waals surface area contributed by atoms with Crippen molar-refractivity contribution in [3.63, 3.8) is 0 Å². The zero-order chi connectivity index (χ0) is 23.4. The number of rotatable bonds is 6. The molecule has 3 aromatic rings. The molecule has 1 N–H and O–H groups in total. The van der Waals surface area contributed by atoms with Crippen LogP contribution in [0, 0.1) is 10.1 Å². The Morgan fingerprint density at radius 3 is 2.79 bits per heavy atom. The smallest absolute Gasteiger partial charge is 0.339 e. The van der Waals surface area contributed by atoms with E-state index in [1.165, 1.54) is 12.1 Å². The van der Waals surface area contributed by atoms with Crippen LogP contribution in [-0.4, -0.2) is 34.9 Å². The van der Waals surface area contributed by atoms with Gasteiger partial charge in [-0.05, 0) is 55.0 Å². The van der Waals surface area contributed by atoms with Gasteiger partial charge in [0.2, 0.25) is 0 Å². The number of carbonyl (C=O) groups is 2. The van der Waals surface area contributed by atoms with Crippen molar-refractivity contribution in [2.45, 2.75) is 26.2 Å². The summed E-state index contributed by atoms with van der Waals surface area (Å²) >= 11 is 0. The number of benzene rings is 2. The van der Waals surface area contributed by atoms with Gasteiger partial charge in [-0.3, -0.25) is 14.9 Å². The van der Waals surface area contributed by atoms with Gasteiger partial charge in [0.25, 0.3) is 11.6 Å². The maximum Gasteiger partial charge on any atom is 0.339 e. The molecule has 168 valence electrons. The summed E-state index contributed by atoms with van der Waals surface area (Å²) in [5.74, 6) is -0.919. The molecule has 1 amide bonds. The van der Waals surface area contributed by atoms with E-state index in [1.54, 1.807) is 19.1 Å². The fourth-order valence-electron chi connectivity index (χ4n) is 4.09. The summed E-state index contributed by atoms with van der Waals surface area (Å²) in [6.45, 7) is 1.89. The van der Waals surface area contributed by atoms with Crippen LogP contribution >= 0.6 is 0 Å². The van der Waals surface area contributed by atoms with Gasteiger partial charge in [-0.2, -0.15) is 0 Å². The van der Waals surface area contributed by atoms with Crippen LogP contribution in [0.15, 0.2) is 48.5 Å². The number of amides is 1. The van der Waals surface area contributed by atoms with Gasteiger partial charge in [-0.15, -0.1) is 0 Å². The van der Waals surface area contributed by atoms with Crippen LogP contribution in [0.5, 0.6) is 0 Å². The standard InChI is InChI=1S/C25H23N3O5/c1-2-26-22(29)15-33-25(30)23-19-10-3-4-12-21(19)27-24-17(8-6-11-20(23)24)13-16-7-5-9-18(14-16)28(31)32/h3-5,7,9-10,12-14H,2,6,8,11,15H2,1H3,(H,26,29)/b17-13+. The third-order valence-corrected chi connectivity index (χ3v) is 5.50. The van der Waals surface area contributed by atoms with Crippen molar-refractivity contribution < 1.29 is 19.2 Å². The third-order valence-electron chi connectivity index (χ3n) is 5.50. The molecule has 0 atom stereocenters. The largest absolute Gasteiger partial charge is 0.452 e. The molecule has 0 bridgehead atoms. The Labute approximate surface area is 190 Å². The number of carbonyl (C=O) groups excluding carboxylic acids is 2. The summed E-state index contributed by atoms with van der Waals surface area (Å²) in [6, 6.07) is 13.7. The number of esters is 1. The number of nitro groups is 1. The number of likely N-dealkylation sites (N-methyl/N-ethyl adjacent to an activating group) is 1. The van der Waals surface area contributed by atoms with E-state index >= 15 is 0 Å². The van der Waals surface area contributed by atoms with Crippen LogP contribution < -0.4 is 5.32 Å². The molecular weight excluding hydrogens is 422 g/mol. The molecule has 0 saturated carbocycles. The van der Waals surface area contributed by atoms with Crippen molar-refractivity contribution in [1.82, 2.24) is 10.3 Å². The van der Waals surface area contributed by atoms with E-state index < -0.39 is 10.9 Å². The van der Waals surface area contributed by atoms with Gasteiger partial charge in [0.05, 0.1) is 21.7 Å². The fourth-order valence-corrected chi connectivity index (χ4v) is 4.09. The average molecular weight is 445 g/mol. The van der Waals surface area contributed by atoms with Gasteiger partial charge < -0.3 is 10.1 Å². The molecule has 0 fully saturated rings. The fraction of sp³-hybridized carbons (Fsp3) is 0.240. The van der Waals surface area contributed by atoms with Crippen molar-refractivity contribution >= 4 is 40.1 Å². The van der Waals surface area contributed by atoms with Gasteiger partial charge in [0, 0.05) is 24.1 Å². The minimum atomic E-state index is -0.562. The highest BCUT2D eigenvalue weighted by Crippen LogP contribution is 2.36. The number of para-hydroxylation sites is 1. The predicted octanol–water partition coefficient (Wildman–Crippen LogP) is 4.31. The lowest BCUT2D eigenvalue weighted by atomic mass is 9.86. The van der Waals surface area contributed by atoms with E-state index in [4.69, 9.17) is 9.72 Å². The van der Waals surface area contributed by atoms with Crippen LogP contribution in [-0.2, 0) is 16.0 Å². The van der Waals surface area contributed by atoms with Crippen molar-refractivity contribution in [3.8, 4) is 0 Å². The topological polar surface area (TPSA) is 111 Å². The van der Waals surface area contributed by atoms with E-state index in [2.05, 4.69) is 5.32 Å². The zero-order valence-electron chi connectivity index (χ0n) is 18.2. The third kappa shape index (κ3) is 4.74. The molecule has 0 radical (unpaired) electrons. The highest BCUT2D eigenvalue weighted by atomic mass is 16.6. The summed E-state index contributed by atoms with van der Waals surface area (Å²) in [4.78, 5) is 40.5. The number of nitrogens with one attached hydrogen (secondary N) is 1. The van der Waals surface area contributed by atoms with Gasteiger partial charge in [-0.1, -0.05) is 30.3 Å². The van der Waals surface area contributed by atoms with Crippen LogP contribution in [0.4, 0.5) is 5.69 Å². The van der Waals surface area contributed by atoms with Crippen LogP contribution in [0.3, 0.4) is 0 Å². The van der Waals surface area contributed by atoms with E-state index in [-0.39, 0.29) is 18.2 Å². The van der Waals surface area contributed by atoms with Crippen LogP contribution in [0.1, 0.15) is 46.9 Å². The number of aromatic nitrogens is 1. The van der Waals surface area contributed by atoms with Gasteiger partial charge >= 0.3 is 5.97 Å². The van der Waals surface area contributed by atoms with Crippen LogP contribution in [0.2, 0.25) is 0 Å². The highest BCUT2D eigenvalue weighted by Gasteiger charge is 2.26. The van der Waals surface area contributed by atoms with Crippen molar-refractivity contribution in [3.05, 3.63) is 81.0 Å². The second kappa shape index (κ2) is 9.60. The van der Waals surface area contributed by atoms with Gasteiger partial charge in [-0.25, -0.2) is 9.78 Å². The van der Waals surface area contributed by atoms with E-state index in [9.17, 15) is 19.7 Å². The second-order valence-electron chi connectivity index (χ2n) is 7.74. The molecule has 0 saturated heterocycles. The summed E-state index contributed by atoms with van der Waals surface area (Å²) in [7, 11) is 0.